The topological polar surface area (TPSA) is 32.3 Å². The number of thioether (sulfide) groups is 1. The van der Waals surface area contributed by atoms with E-state index in [0.29, 0.717) is 17.9 Å². The van der Waals surface area contributed by atoms with Gasteiger partial charge in [0.25, 0.3) is 0 Å². The van der Waals surface area contributed by atoms with Crippen molar-refractivity contribution in [2.75, 3.05) is 19.8 Å². The minimum Gasteiger partial charge on any atom is -0.356 e. The van der Waals surface area contributed by atoms with E-state index in [1.54, 1.807) is 11.8 Å². The highest BCUT2D eigenvalue weighted by molar-refractivity contribution is 7.98. The molecule has 1 amide bonds. The van der Waals surface area contributed by atoms with Crippen molar-refractivity contribution in [3.8, 4) is 0 Å². The number of nitrogens with zero attached hydrogens (tertiary/aromatic N) is 1. The van der Waals surface area contributed by atoms with E-state index in [9.17, 15) is 4.79 Å². The molecule has 0 bridgehead atoms. The van der Waals surface area contributed by atoms with Crippen molar-refractivity contribution < 1.29 is 4.79 Å². The SMILES string of the molecule is CSc1cccc(CN(C)[C@H]2C[C@H]3CNC(=O)C[C@H]3C2)c1. The predicted octanol–water partition coefficient (Wildman–Crippen LogP) is 2.76. The van der Waals surface area contributed by atoms with Crippen LogP contribution in [0.15, 0.2) is 29.2 Å². The fraction of sp³-hybridized carbons (Fsp3) is 0.588. The van der Waals surface area contributed by atoms with Gasteiger partial charge in [-0.3, -0.25) is 9.69 Å². The van der Waals surface area contributed by atoms with E-state index in [2.05, 4.69) is 47.8 Å². The average Bonchev–Trinajstić information content (AvgIpc) is 2.90. The van der Waals surface area contributed by atoms with Crippen LogP contribution in [0.5, 0.6) is 0 Å². The molecule has 2 fully saturated rings. The number of carbonyl (C=O) groups excluding carboxylic acids is 1. The van der Waals surface area contributed by atoms with Gasteiger partial charge < -0.3 is 5.32 Å². The van der Waals surface area contributed by atoms with E-state index in [1.807, 2.05) is 0 Å². The first-order valence-electron chi connectivity index (χ1n) is 7.75. The van der Waals surface area contributed by atoms with Crippen molar-refractivity contribution in [2.45, 2.75) is 36.7 Å². The normalized spacial score (nSPS) is 28.5. The Bertz CT molecular complexity index is 519. The molecule has 1 aromatic carbocycles. The van der Waals surface area contributed by atoms with Gasteiger partial charge in [-0.2, -0.15) is 0 Å². The van der Waals surface area contributed by atoms with E-state index in [4.69, 9.17) is 0 Å². The lowest BCUT2D eigenvalue weighted by Gasteiger charge is -2.24. The molecule has 0 aromatic heterocycles. The van der Waals surface area contributed by atoms with Gasteiger partial charge in [0.2, 0.25) is 5.91 Å². The third-order valence-electron chi connectivity index (χ3n) is 5.01. The highest BCUT2D eigenvalue weighted by Crippen LogP contribution is 2.38. The molecule has 2 aliphatic rings. The molecule has 0 spiro atoms. The second-order valence-electron chi connectivity index (χ2n) is 6.42. The van der Waals surface area contributed by atoms with Crippen LogP contribution in [0.4, 0.5) is 0 Å². The Balaban J connectivity index is 1.61. The number of amides is 1. The summed E-state index contributed by atoms with van der Waals surface area (Å²) in [7, 11) is 2.23. The summed E-state index contributed by atoms with van der Waals surface area (Å²) in [4.78, 5) is 15.3. The number of fused-ring (bicyclic) bond motifs is 1. The fourth-order valence-corrected chi connectivity index (χ4v) is 4.27. The first kappa shape index (κ1) is 14.9. The van der Waals surface area contributed by atoms with Crippen LogP contribution in [-0.2, 0) is 11.3 Å². The summed E-state index contributed by atoms with van der Waals surface area (Å²) in [5.74, 6) is 1.53. The van der Waals surface area contributed by atoms with Crippen molar-refractivity contribution in [3.63, 3.8) is 0 Å². The van der Waals surface area contributed by atoms with Gasteiger partial charge in [0.15, 0.2) is 0 Å². The zero-order valence-corrected chi connectivity index (χ0v) is 13.7. The Morgan fingerprint density at radius 1 is 1.33 bits per heavy atom. The van der Waals surface area contributed by atoms with Crippen LogP contribution < -0.4 is 5.32 Å². The molecule has 1 saturated heterocycles. The quantitative estimate of drug-likeness (QED) is 0.868. The molecule has 1 heterocycles. The van der Waals surface area contributed by atoms with E-state index in [0.717, 1.165) is 19.5 Å². The average molecular weight is 304 g/mol. The molecule has 3 rings (SSSR count). The Labute approximate surface area is 131 Å². The van der Waals surface area contributed by atoms with Crippen molar-refractivity contribution in [2.24, 2.45) is 11.8 Å². The molecule has 1 aliphatic heterocycles. The lowest BCUT2D eigenvalue weighted by atomic mass is 9.89. The number of nitrogens with one attached hydrogen (secondary N) is 1. The summed E-state index contributed by atoms with van der Waals surface area (Å²) >= 11 is 1.79. The predicted molar refractivity (Wildman–Crippen MR) is 87.3 cm³/mol. The fourth-order valence-electron chi connectivity index (χ4n) is 3.78. The zero-order valence-electron chi connectivity index (χ0n) is 12.8. The maximum Gasteiger partial charge on any atom is 0.220 e. The van der Waals surface area contributed by atoms with E-state index >= 15 is 0 Å². The maximum absolute atomic E-state index is 11.5. The first-order valence-corrected chi connectivity index (χ1v) is 8.98. The molecule has 114 valence electrons. The van der Waals surface area contributed by atoms with Crippen LogP contribution in [0, 0.1) is 11.8 Å². The number of benzene rings is 1. The summed E-state index contributed by atoms with van der Waals surface area (Å²) in [6.45, 7) is 1.88. The zero-order chi connectivity index (χ0) is 14.8. The third kappa shape index (κ3) is 3.43. The minimum atomic E-state index is 0.243. The standard InChI is InChI=1S/C17H24N2OS/c1-19(11-12-4-3-5-16(6-12)21-2)15-7-13-9-17(20)18-10-14(13)8-15/h3-6,13-15H,7-11H2,1-2H3,(H,18,20)/t13-,14+,15-/m1/s1. The number of rotatable bonds is 4. The van der Waals surface area contributed by atoms with E-state index in [1.165, 1.54) is 23.3 Å². The van der Waals surface area contributed by atoms with Crippen molar-refractivity contribution >= 4 is 17.7 Å². The first-order chi connectivity index (χ1) is 10.2. The summed E-state index contributed by atoms with van der Waals surface area (Å²) in [6.07, 6.45) is 5.26. The maximum atomic E-state index is 11.5. The van der Waals surface area contributed by atoms with Crippen molar-refractivity contribution in [3.05, 3.63) is 29.8 Å². The highest BCUT2D eigenvalue weighted by Gasteiger charge is 2.39. The van der Waals surface area contributed by atoms with Gasteiger partial charge in [0, 0.05) is 30.4 Å². The molecule has 1 N–H and O–H groups in total. The van der Waals surface area contributed by atoms with E-state index in [-0.39, 0.29) is 5.91 Å². The lowest BCUT2D eigenvalue weighted by molar-refractivity contribution is -0.124. The lowest BCUT2D eigenvalue weighted by Crippen LogP contribution is -2.38. The number of hydrogen-bond donors (Lipinski definition) is 1. The Kier molecular flexibility index (Phi) is 4.55. The van der Waals surface area contributed by atoms with E-state index < -0.39 is 0 Å². The second-order valence-corrected chi connectivity index (χ2v) is 7.30. The van der Waals surface area contributed by atoms with Crippen molar-refractivity contribution in [1.29, 1.82) is 0 Å². The largest absolute Gasteiger partial charge is 0.356 e. The van der Waals surface area contributed by atoms with Crippen LogP contribution in [0.3, 0.4) is 0 Å². The van der Waals surface area contributed by atoms with Crippen LogP contribution in [0.2, 0.25) is 0 Å². The highest BCUT2D eigenvalue weighted by atomic mass is 32.2. The smallest absolute Gasteiger partial charge is 0.220 e. The molecule has 4 heteroatoms. The van der Waals surface area contributed by atoms with Gasteiger partial charge in [0.1, 0.15) is 0 Å². The van der Waals surface area contributed by atoms with Gasteiger partial charge in [-0.1, -0.05) is 12.1 Å². The molecule has 0 unspecified atom stereocenters. The van der Waals surface area contributed by atoms with Crippen molar-refractivity contribution in [1.82, 2.24) is 10.2 Å². The summed E-state index contributed by atoms with van der Waals surface area (Å²) in [5.41, 5.74) is 1.38. The van der Waals surface area contributed by atoms with Gasteiger partial charge in [-0.05, 0) is 55.7 Å². The molecule has 1 saturated carbocycles. The molecule has 21 heavy (non-hydrogen) atoms. The number of piperidine rings is 1. The molecule has 1 aliphatic carbocycles. The Morgan fingerprint density at radius 3 is 2.95 bits per heavy atom. The third-order valence-corrected chi connectivity index (χ3v) is 5.74. The molecular weight excluding hydrogens is 280 g/mol. The second kappa shape index (κ2) is 6.41. The van der Waals surface area contributed by atoms with Crippen LogP contribution in [0.1, 0.15) is 24.8 Å². The Morgan fingerprint density at radius 2 is 2.14 bits per heavy atom. The van der Waals surface area contributed by atoms with Crippen LogP contribution in [-0.4, -0.2) is 36.7 Å². The van der Waals surface area contributed by atoms with Crippen LogP contribution in [0.25, 0.3) is 0 Å². The summed E-state index contributed by atoms with van der Waals surface area (Å²) < 4.78 is 0. The number of hydrogen-bond acceptors (Lipinski definition) is 3. The Hall–Kier alpha value is -1.00. The summed E-state index contributed by atoms with van der Waals surface area (Å²) in [6, 6.07) is 9.42. The van der Waals surface area contributed by atoms with Gasteiger partial charge >= 0.3 is 0 Å². The van der Waals surface area contributed by atoms with Gasteiger partial charge in [-0.15, -0.1) is 11.8 Å². The molecular formula is C17H24N2OS. The molecule has 3 nitrogen and oxygen atoms in total. The van der Waals surface area contributed by atoms with Gasteiger partial charge in [-0.25, -0.2) is 0 Å². The van der Waals surface area contributed by atoms with Gasteiger partial charge in [0.05, 0.1) is 0 Å². The monoisotopic (exact) mass is 304 g/mol. The molecule has 3 atom stereocenters. The molecule has 0 radical (unpaired) electrons. The molecule has 1 aromatic rings. The minimum absolute atomic E-state index is 0.243. The summed E-state index contributed by atoms with van der Waals surface area (Å²) in [5, 5.41) is 3.02. The van der Waals surface area contributed by atoms with Crippen LogP contribution >= 0.6 is 11.8 Å². The number of carbonyl (C=O) groups is 1.